The van der Waals surface area contributed by atoms with Gasteiger partial charge in [0.25, 0.3) is 5.91 Å². The zero-order valence-corrected chi connectivity index (χ0v) is 14.4. The molecule has 2 aromatic rings. The van der Waals surface area contributed by atoms with E-state index in [1.54, 1.807) is 31.3 Å². The molecule has 1 aromatic carbocycles. The van der Waals surface area contributed by atoms with Gasteiger partial charge in [0.2, 0.25) is 0 Å². The van der Waals surface area contributed by atoms with Crippen LogP contribution in [0.3, 0.4) is 0 Å². The number of ether oxygens (including phenoxy) is 1. The summed E-state index contributed by atoms with van der Waals surface area (Å²) < 4.78 is 4.89. The lowest BCUT2D eigenvalue weighted by Gasteiger charge is -2.06. The number of carbonyl (C=O) groups excluding carboxylic acids is 2. The maximum atomic E-state index is 12.2. The van der Waals surface area contributed by atoms with Gasteiger partial charge in [0.05, 0.1) is 12.2 Å². The van der Waals surface area contributed by atoms with Crippen LogP contribution in [0.4, 0.5) is 11.5 Å². The fraction of sp³-hybridized carbons (Fsp3) is 0.158. The number of carbonyl (C=O) groups is 2. The molecule has 0 spiro atoms. The Morgan fingerprint density at radius 1 is 1.23 bits per heavy atom. The lowest BCUT2D eigenvalue weighted by molar-refractivity contribution is -0.112. The van der Waals surface area contributed by atoms with Gasteiger partial charge in [-0.3, -0.25) is 4.79 Å². The van der Waals surface area contributed by atoms with E-state index in [4.69, 9.17) is 4.74 Å². The summed E-state index contributed by atoms with van der Waals surface area (Å²) in [5, 5.41) is 14.6. The van der Waals surface area contributed by atoms with Crippen molar-refractivity contribution in [3.63, 3.8) is 0 Å². The largest absolute Gasteiger partial charge is 0.462 e. The third kappa shape index (κ3) is 5.18. The van der Waals surface area contributed by atoms with Crippen LogP contribution in [0.5, 0.6) is 0 Å². The summed E-state index contributed by atoms with van der Waals surface area (Å²) in [6, 6.07) is 11.6. The van der Waals surface area contributed by atoms with E-state index in [0.29, 0.717) is 17.1 Å². The maximum absolute atomic E-state index is 12.2. The minimum atomic E-state index is -0.573. The summed E-state index contributed by atoms with van der Waals surface area (Å²) in [4.78, 5) is 27.9. The molecule has 1 aromatic heterocycles. The van der Waals surface area contributed by atoms with Crippen molar-refractivity contribution in [2.75, 3.05) is 17.2 Å². The molecule has 0 atom stereocenters. The van der Waals surface area contributed by atoms with Gasteiger partial charge in [-0.25, -0.2) is 9.78 Å². The van der Waals surface area contributed by atoms with E-state index >= 15 is 0 Å². The van der Waals surface area contributed by atoms with Gasteiger partial charge >= 0.3 is 5.97 Å². The first-order valence-corrected chi connectivity index (χ1v) is 7.91. The number of esters is 1. The Bertz CT molecular complexity index is 850. The van der Waals surface area contributed by atoms with Crippen molar-refractivity contribution in [1.29, 1.82) is 5.26 Å². The van der Waals surface area contributed by atoms with E-state index in [-0.39, 0.29) is 12.2 Å². The molecule has 0 fully saturated rings. The molecule has 132 valence electrons. The summed E-state index contributed by atoms with van der Waals surface area (Å²) in [5.74, 6) is -0.483. The smallest absolute Gasteiger partial charge is 0.338 e. The minimum absolute atomic E-state index is 0.109. The lowest BCUT2D eigenvalue weighted by atomic mass is 10.2. The number of nitrogens with one attached hydrogen (secondary N) is 2. The van der Waals surface area contributed by atoms with Crippen molar-refractivity contribution in [2.24, 2.45) is 0 Å². The van der Waals surface area contributed by atoms with Crippen LogP contribution in [0, 0.1) is 18.3 Å². The normalized spacial score (nSPS) is 10.6. The van der Waals surface area contributed by atoms with Crippen LogP contribution in [0.15, 0.2) is 54.4 Å². The average molecular weight is 350 g/mol. The Kier molecular flexibility index (Phi) is 6.46. The van der Waals surface area contributed by atoms with Crippen molar-refractivity contribution < 1.29 is 14.3 Å². The number of aryl methyl sites for hydroxylation is 1. The van der Waals surface area contributed by atoms with E-state index < -0.39 is 11.9 Å². The van der Waals surface area contributed by atoms with Gasteiger partial charge in [0.1, 0.15) is 17.5 Å². The highest BCUT2D eigenvalue weighted by Gasteiger charge is 2.11. The van der Waals surface area contributed by atoms with Crippen LogP contribution >= 0.6 is 0 Å². The van der Waals surface area contributed by atoms with Crippen molar-refractivity contribution in [3.05, 3.63) is 65.5 Å². The molecule has 0 aliphatic carbocycles. The highest BCUT2D eigenvalue weighted by molar-refractivity contribution is 6.06. The quantitative estimate of drug-likeness (QED) is 0.471. The van der Waals surface area contributed by atoms with Crippen LogP contribution in [0.1, 0.15) is 22.8 Å². The SMILES string of the molecule is CCOC(=O)c1ccc(NC(=O)/C(C#N)=C\Nc2ccc(C)cn2)cc1. The van der Waals surface area contributed by atoms with E-state index in [1.165, 1.54) is 18.3 Å². The van der Waals surface area contributed by atoms with Gasteiger partial charge in [0, 0.05) is 18.1 Å². The number of rotatable bonds is 6. The van der Waals surface area contributed by atoms with Gasteiger partial charge in [0.15, 0.2) is 0 Å². The van der Waals surface area contributed by atoms with Gasteiger partial charge in [-0.15, -0.1) is 0 Å². The molecule has 0 bridgehead atoms. The lowest BCUT2D eigenvalue weighted by Crippen LogP contribution is -2.15. The number of anilines is 2. The number of pyridine rings is 1. The highest BCUT2D eigenvalue weighted by Crippen LogP contribution is 2.12. The van der Waals surface area contributed by atoms with Gasteiger partial charge in [-0.05, 0) is 49.7 Å². The topological polar surface area (TPSA) is 104 Å². The highest BCUT2D eigenvalue weighted by atomic mass is 16.5. The molecule has 0 aliphatic rings. The predicted octanol–water partition coefficient (Wildman–Crippen LogP) is 3.02. The first-order valence-electron chi connectivity index (χ1n) is 7.91. The summed E-state index contributed by atoms with van der Waals surface area (Å²) in [7, 11) is 0. The molecule has 0 saturated heterocycles. The molecule has 1 heterocycles. The molecule has 0 radical (unpaired) electrons. The van der Waals surface area contributed by atoms with Gasteiger partial charge in [-0.1, -0.05) is 6.07 Å². The van der Waals surface area contributed by atoms with Crippen molar-refractivity contribution >= 4 is 23.4 Å². The van der Waals surface area contributed by atoms with E-state index in [1.807, 2.05) is 19.1 Å². The first-order chi connectivity index (χ1) is 12.5. The van der Waals surface area contributed by atoms with Crippen LogP contribution < -0.4 is 10.6 Å². The van der Waals surface area contributed by atoms with Crippen molar-refractivity contribution in [3.8, 4) is 6.07 Å². The second-order valence-electron chi connectivity index (χ2n) is 5.29. The fourth-order valence-electron chi connectivity index (χ4n) is 1.95. The van der Waals surface area contributed by atoms with E-state index in [9.17, 15) is 14.9 Å². The Morgan fingerprint density at radius 3 is 2.54 bits per heavy atom. The number of amides is 1. The Hall–Kier alpha value is -3.66. The summed E-state index contributed by atoms with van der Waals surface area (Å²) in [6.45, 7) is 3.92. The second-order valence-corrected chi connectivity index (χ2v) is 5.29. The Balaban J connectivity index is 2.02. The summed E-state index contributed by atoms with van der Waals surface area (Å²) >= 11 is 0. The number of nitriles is 1. The zero-order valence-electron chi connectivity index (χ0n) is 14.4. The fourth-order valence-corrected chi connectivity index (χ4v) is 1.95. The van der Waals surface area contributed by atoms with Crippen molar-refractivity contribution in [2.45, 2.75) is 13.8 Å². The Morgan fingerprint density at radius 2 is 1.96 bits per heavy atom. The second kappa shape index (κ2) is 8.99. The summed E-state index contributed by atoms with van der Waals surface area (Å²) in [6.07, 6.45) is 2.97. The number of aromatic nitrogens is 1. The third-order valence-corrected chi connectivity index (χ3v) is 3.29. The van der Waals surface area contributed by atoms with E-state index in [0.717, 1.165) is 5.56 Å². The number of nitrogens with zero attached hydrogens (tertiary/aromatic N) is 2. The molecule has 0 aliphatic heterocycles. The molecule has 2 rings (SSSR count). The van der Waals surface area contributed by atoms with E-state index in [2.05, 4.69) is 15.6 Å². The number of hydrogen-bond acceptors (Lipinski definition) is 6. The monoisotopic (exact) mass is 350 g/mol. The number of hydrogen-bond donors (Lipinski definition) is 2. The first kappa shape index (κ1) is 18.7. The van der Waals surface area contributed by atoms with Crippen LogP contribution in [-0.4, -0.2) is 23.5 Å². The molecule has 1 amide bonds. The molecular formula is C19H18N4O3. The average Bonchev–Trinajstić information content (AvgIpc) is 2.64. The standard InChI is InChI=1S/C19H18N4O3/c1-3-26-19(25)14-5-7-16(8-6-14)23-18(24)15(10-20)12-22-17-9-4-13(2)11-21-17/h4-9,11-12H,3H2,1-2H3,(H,21,22)(H,23,24)/b15-12-. The minimum Gasteiger partial charge on any atom is -0.462 e. The molecule has 0 saturated carbocycles. The molecular weight excluding hydrogens is 332 g/mol. The molecule has 7 heteroatoms. The maximum Gasteiger partial charge on any atom is 0.338 e. The zero-order chi connectivity index (χ0) is 18.9. The van der Waals surface area contributed by atoms with Crippen LogP contribution in [0.25, 0.3) is 0 Å². The Labute approximate surface area is 151 Å². The number of benzene rings is 1. The summed E-state index contributed by atoms with van der Waals surface area (Å²) in [5.41, 5.74) is 1.73. The van der Waals surface area contributed by atoms with Gasteiger partial charge < -0.3 is 15.4 Å². The molecule has 2 N–H and O–H groups in total. The van der Waals surface area contributed by atoms with Crippen LogP contribution in [-0.2, 0) is 9.53 Å². The van der Waals surface area contributed by atoms with Crippen molar-refractivity contribution in [1.82, 2.24) is 4.98 Å². The molecule has 26 heavy (non-hydrogen) atoms. The predicted molar refractivity (Wildman–Crippen MR) is 97.3 cm³/mol. The molecule has 7 nitrogen and oxygen atoms in total. The van der Waals surface area contributed by atoms with Gasteiger partial charge in [-0.2, -0.15) is 5.26 Å². The van der Waals surface area contributed by atoms with Crippen LogP contribution in [0.2, 0.25) is 0 Å². The molecule has 0 unspecified atom stereocenters. The third-order valence-electron chi connectivity index (χ3n) is 3.29.